The number of carbonyl (C=O) groups excluding carboxylic acids is 1. The molecule has 166 valence electrons. The molecule has 2 bridgehead atoms. The van der Waals surface area contributed by atoms with Gasteiger partial charge in [-0.05, 0) is 71.2 Å². The number of hydrogen-bond acceptors (Lipinski definition) is 7. The van der Waals surface area contributed by atoms with Crippen LogP contribution in [0.15, 0.2) is 12.1 Å². The molecular formula is C23H33NO6. The van der Waals surface area contributed by atoms with Gasteiger partial charge in [-0.3, -0.25) is 4.79 Å². The summed E-state index contributed by atoms with van der Waals surface area (Å²) in [7, 11) is 2.04. The van der Waals surface area contributed by atoms with E-state index in [1.807, 2.05) is 13.1 Å². The van der Waals surface area contributed by atoms with Crippen molar-refractivity contribution in [2.24, 2.45) is 0 Å². The van der Waals surface area contributed by atoms with Crippen molar-refractivity contribution in [1.82, 2.24) is 4.90 Å². The molecule has 0 aromatic heterocycles. The molecule has 0 radical (unpaired) electrons. The van der Waals surface area contributed by atoms with Crippen molar-refractivity contribution in [3.63, 3.8) is 0 Å². The minimum Gasteiger partial charge on any atom is -0.504 e. The fourth-order valence-electron chi connectivity index (χ4n) is 6.02. The van der Waals surface area contributed by atoms with E-state index >= 15 is 0 Å². The minimum absolute atomic E-state index is 0.00319. The van der Waals surface area contributed by atoms with Gasteiger partial charge >= 0.3 is 0 Å². The summed E-state index contributed by atoms with van der Waals surface area (Å²) in [6, 6.07) is 3.57. The number of aliphatic hydroxyl groups is 3. The molecule has 1 saturated heterocycles. The number of carbonyl (C=O) groups is 1. The molecule has 6 atom stereocenters. The van der Waals surface area contributed by atoms with E-state index in [2.05, 4.69) is 4.90 Å². The topological polar surface area (TPSA) is 110 Å². The highest BCUT2D eigenvalue weighted by Crippen LogP contribution is 2.64. The quantitative estimate of drug-likeness (QED) is 0.584. The van der Waals surface area contributed by atoms with Crippen molar-refractivity contribution in [2.45, 2.75) is 87.7 Å². The lowest BCUT2D eigenvalue weighted by Crippen LogP contribution is -2.76. The number of aliphatic hydroxyl groups excluding tert-OH is 2. The lowest BCUT2D eigenvalue weighted by Gasteiger charge is -2.61. The van der Waals surface area contributed by atoms with Gasteiger partial charge in [-0.1, -0.05) is 6.07 Å². The number of phenolic OH excluding ortho intramolecular Hbond substituents is 1. The van der Waals surface area contributed by atoms with Gasteiger partial charge in [0.2, 0.25) is 0 Å². The first-order valence-corrected chi connectivity index (χ1v) is 10.9. The predicted octanol–water partition coefficient (Wildman–Crippen LogP) is 1.27. The summed E-state index contributed by atoms with van der Waals surface area (Å²) < 4.78 is 5.94. The number of rotatable bonds is 3. The molecule has 1 saturated carbocycles. The Labute approximate surface area is 177 Å². The Morgan fingerprint density at radius 2 is 1.87 bits per heavy atom. The Morgan fingerprint density at radius 3 is 2.50 bits per heavy atom. The van der Waals surface area contributed by atoms with Gasteiger partial charge in [0, 0.05) is 18.0 Å². The molecular weight excluding hydrogens is 386 g/mol. The minimum atomic E-state index is -0.954. The van der Waals surface area contributed by atoms with Crippen molar-refractivity contribution in [3.8, 4) is 11.5 Å². The summed E-state index contributed by atoms with van der Waals surface area (Å²) in [6.07, 6.45) is 2.44. The van der Waals surface area contributed by atoms with Crippen LogP contribution in [0.25, 0.3) is 0 Å². The fourth-order valence-corrected chi connectivity index (χ4v) is 6.02. The molecule has 1 spiro atoms. The molecule has 2 aliphatic carbocycles. The SMILES string of the molecule is CC(O)CCC(C)O.CN1CC[C@]23c4c5ccc(O)c4O[C@H]2C(=O)CC[C@@]3(O)[C@H]1C5. The first kappa shape index (κ1) is 21.6. The number of likely N-dealkylation sites (N-methyl/N-ethyl adjacent to an activating group) is 1. The maximum atomic E-state index is 12.5. The third kappa shape index (κ3) is 2.98. The zero-order valence-electron chi connectivity index (χ0n) is 18.0. The second-order valence-electron chi connectivity index (χ2n) is 9.53. The largest absolute Gasteiger partial charge is 0.504 e. The molecule has 2 unspecified atom stereocenters. The lowest BCUT2D eigenvalue weighted by molar-refractivity contribution is -0.185. The summed E-state index contributed by atoms with van der Waals surface area (Å²) in [5, 5.41) is 39.2. The third-order valence-electron chi connectivity index (χ3n) is 7.53. The number of Topliss-reactive ketones (excluding diaryl/α,β-unsaturated/α-hetero) is 1. The van der Waals surface area contributed by atoms with Crippen LogP contribution in [0.5, 0.6) is 11.5 Å². The summed E-state index contributed by atoms with van der Waals surface area (Å²) in [6.45, 7) is 4.28. The number of hydrogen-bond donors (Lipinski definition) is 4. The molecule has 7 heteroatoms. The van der Waals surface area contributed by atoms with Gasteiger partial charge in [0.05, 0.1) is 23.2 Å². The van der Waals surface area contributed by atoms with Crippen LogP contribution >= 0.6 is 0 Å². The molecule has 4 aliphatic rings. The van der Waals surface area contributed by atoms with Crippen molar-refractivity contribution < 1.29 is 30.0 Å². The van der Waals surface area contributed by atoms with E-state index in [0.29, 0.717) is 37.9 Å². The maximum absolute atomic E-state index is 12.5. The number of aromatic hydroxyl groups is 1. The van der Waals surface area contributed by atoms with E-state index in [9.17, 15) is 15.0 Å². The molecule has 2 fully saturated rings. The van der Waals surface area contributed by atoms with Crippen LogP contribution < -0.4 is 4.74 Å². The van der Waals surface area contributed by atoms with Crippen LogP contribution in [0.4, 0.5) is 0 Å². The summed E-state index contributed by atoms with van der Waals surface area (Å²) in [5.74, 6) is 0.561. The summed E-state index contributed by atoms with van der Waals surface area (Å²) in [5.41, 5.74) is 0.370. The van der Waals surface area contributed by atoms with Gasteiger partial charge in [-0.2, -0.15) is 0 Å². The molecule has 4 N–H and O–H groups in total. The highest BCUT2D eigenvalue weighted by Gasteiger charge is 2.72. The zero-order chi connectivity index (χ0) is 21.8. The second-order valence-corrected chi connectivity index (χ2v) is 9.53. The molecule has 7 nitrogen and oxygen atoms in total. The van der Waals surface area contributed by atoms with Gasteiger partial charge in [0.1, 0.15) is 0 Å². The first-order valence-electron chi connectivity index (χ1n) is 10.9. The van der Waals surface area contributed by atoms with E-state index in [-0.39, 0.29) is 29.8 Å². The van der Waals surface area contributed by atoms with E-state index < -0.39 is 17.1 Å². The van der Waals surface area contributed by atoms with Crippen LogP contribution in [0.3, 0.4) is 0 Å². The number of nitrogens with zero attached hydrogens (tertiary/aromatic N) is 1. The third-order valence-corrected chi connectivity index (χ3v) is 7.53. The van der Waals surface area contributed by atoms with Gasteiger partial charge in [-0.15, -0.1) is 0 Å². The maximum Gasteiger partial charge on any atom is 0.174 e. The number of ether oxygens (including phenoxy) is 1. The van der Waals surface area contributed by atoms with Gasteiger partial charge in [0.15, 0.2) is 23.4 Å². The van der Waals surface area contributed by atoms with Gasteiger partial charge in [-0.25, -0.2) is 0 Å². The van der Waals surface area contributed by atoms with Gasteiger partial charge < -0.3 is 30.1 Å². The van der Waals surface area contributed by atoms with Crippen molar-refractivity contribution in [2.75, 3.05) is 13.6 Å². The average Bonchev–Trinajstić information content (AvgIpc) is 3.04. The predicted molar refractivity (Wildman–Crippen MR) is 111 cm³/mol. The van der Waals surface area contributed by atoms with Gasteiger partial charge in [0.25, 0.3) is 0 Å². The highest BCUT2D eigenvalue weighted by molar-refractivity contribution is 5.90. The standard InChI is InChI=1S/C17H19NO4.C6H14O2/c1-18-7-6-16-13-9-2-3-10(19)14(13)22-15(16)11(20)4-5-17(16,21)12(18)8-9;1-5(7)3-4-6(2)8/h2-3,12,15,19,21H,4-8H2,1H3;5-8H,3-4H2,1-2H3/t12-,15+,16+,17-;/m1./s1. The Balaban J connectivity index is 0.000000235. The monoisotopic (exact) mass is 419 g/mol. The number of phenols is 1. The fraction of sp³-hybridized carbons (Fsp3) is 0.696. The van der Waals surface area contributed by atoms with Crippen LogP contribution in [0, 0.1) is 0 Å². The molecule has 1 aromatic carbocycles. The number of benzene rings is 1. The molecule has 1 aromatic rings. The molecule has 2 aliphatic heterocycles. The summed E-state index contributed by atoms with van der Waals surface area (Å²) >= 11 is 0. The number of likely N-dealkylation sites (tertiary alicyclic amines) is 1. The molecule has 2 heterocycles. The Morgan fingerprint density at radius 1 is 1.20 bits per heavy atom. The first-order chi connectivity index (χ1) is 14.1. The Kier molecular flexibility index (Phi) is 5.37. The lowest BCUT2D eigenvalue weighted by atomic mass is 9.49. The van der Waals surface area contributed by atoms with Crippen LogP contribution in [-0.4, -0.2) is 74.7 Å². The zero-order valence-corrected chi connectivity index (χ0v) is 18.0. The Hall–Kier alpha value is -1.67. The summed E-state index contributed by atoms with van der Waals surface area (Å²) in [4.78, 5) is 14.7. The van der Waals surface area contributed by atoms with Crippen molar-refractivity contribution in [1.29, 1.82) is 0 Å². The van der Waals surface area contributed by atoms with E-state index in [4.69, 9.17) is 14.9 Å². The number of piperidine rings is 1. The molecule has 30 heavy (non-hydrogen) atoms. The van der Waals surface area contributed by atoms with E-state index in [1.54, 1.807) is 19.9 Å². The van der Waals surface area contributed by atoms with Crippen LogP contribution in [0.1, 0.15) is 57.1 Å². The average molecular weight is 420 g/mol. The molecule has 0 amide bonds. The number of ketones is 1. The molecule has 5 rings (SSSR count). The highest BCUT2D eigenvalue weighted by atomic mass is 16.5. The van der Waals surface area contributed by atoms with E-state index in [1.165, 1.54) is 0 Å². The van der Waals surface area contributed by atoms with E-state index in [0.717, 1.165) is 24.1 Å². The Bertz CT molecular complexity index is 831. The smallest absolute Gasteiger partial charge is 0.174 e. The normalized spacial score (nSPS) is 35.6. The van der Waals surface area contributed by atoms with Crippen LogP contribution in [-0.2, 0) is 16.6 Å². The van der Waals surface area contributed by atoms with Crippen molar-refractivity contribution in [3.05, 3.63) is 23.3 Å². The second kappa shape index (κ2) is 7.48. The van der Waals surface area contributed by atoms with Crippen LogP contribution in [0.2, 0.25) is 0 Å². The van der Waals surface area contributed by atoms with Crippen molar-refractivity contribution >= 4 is 5.78 Å².